The zero-order valence-corrected chi connectivity index (χ0v) is 19.8. The van der Waals surface area contributed by atoms with Gasteiger partial charge in [-0.3, -0.25) is 4.79 Å². The van der Waals surface area contributed by atoms with Crippen LogP contribution in [0.1, 0.15) is 47.5 Å². The standard InChI is InChI=1S/C22H27N5O2.2ClH/c1-14(2)27-21-16(12-24-27)11-18(15(3)25-21)22(28)26-10-9-23-13-19(26)17-7-5-6-8-20(17)29-4;;/h5-8,11-12,14,19,23H,9-10,13H2,1-4H3;2*1H. The molecule has 31 heavy (non-hydrogen) atoms. The summed E-state index contributed by atoms with van der Waals surface area (Å²) in [6, 6.07) is 9.93. The molecule has 1 aromatic carbocycles. The van der Waals surface area contributed by atoms with Crippen molar-refractivity contribution in [1.82, 2.24) is 25.0 Å². The molecule has 4 rings (SSSR count). The number of fused-ring (bicyclic) bond motifs is 1. The monoisotopic (exact) mass is 465 g/mol. The van der Waals surface area contributed by atoms with Crippen molar-refractivity contribution < 1.29 is 9.53 Å². The van der Waals surface area contributed by atoms with E-state index in [1.165, 1.54) is 0 Å². The molecule has 0 spiro atoms. The number of benzene rings is 1. The van der Waals surface area contributed by atoms with Gasteiger partial charge in [-0.15, -0.1) is 24.8 Å². The fraction of sp³-hybridized carbons (Fsp3) is 0.409. The molecule has 0 radical (unpaired) electrons. The largest absolute Gasteiger partial charge is 0.496 e. The van der Waals surface area contributed by atoms with E-state index >= 15 is 0 Å². The Morgan fingerprint density at radius 1 is 1.26 bits per heavy atom. The van der Waals surface area contributed by atoms with Gasteiger partial charge in [0, 0.05) is 36.6 Å². The molecule has 0 aliphatic carbocycles. The van der Waals surface area contributed by atoms with Crippen LogP contribution in [-0.2, 0) is 0 Å². The van der Waals surface area contributed by atoms with Crippen molar-refractivity contribution in [2.75, 3.05) is 26.7 Å². The maximum absolute atomic E-state index is 13.6. The number of aryl methyl sites for hydroxylation is 1. The number of nitrogens with one attached hydrogen (secondary N) is 1. The quantitative estimate of drug-likeness (QED) is 0.630. The minimum Gasteiger partial charge on any atom is -0.496 e. The van der Waals surface area contributed by atoms with Crippen LogP contribution in [0, 0.1) is 6.92 Å². The Labute approximate surface area is 195 Å². The lowest BCUT2D eigenvalue weighted by Crippen LogP contribution is -2.49. The van der Waals surface area contributed by atoms with Gasteiger partial charge in [-0.05, 0) is 32.9 Å². The zero-order valence-electron chi connectivity index (χ0n) is 18.2. The molecular weight excluding hydrogens is 437 g/mol. The molecular formula is C22H29Cl2N5O2. The molecule has 1 amide bonds. The van der Waals surface area contributed by atoms with Gasteiger partial charge in [0.15, 0.2) is 5.65 Å². The van der Waals surface area contributed by atoms with E-state index in [1.54, 1.807) is 13.3 Å². The van der Waals surface area contributed by atoms with E-state index in [0.717, 1.165) is 34.6 Å². The predicted molar refractivity (Wildman–Crippen MR) is 127 cm³/mol. The third-order valence-corrected chi connectivity index (χ3v) is 5.48. The molecule has 1 unspecified atom stereocenters. The van der Waals surface area contributed by atoms with Crippen LogP contribution in [0.5, 0.6) is 5.75 Å². The molecule has 0 saturated carbocycles. The van der Waals surface area contributed by atoms with Gasteiger partial charge in [0.25, 0.3) is 5.91 Å². The summed E-state index contributed by atoms with van der Waals surface area (Å²) in [6.07, 6.45) is 1.79. The number of rotatable bonds is 4. The highest BCUT2D eigenvalue weighted by Gasteiger charge is 2.31. The number of pyridine rings is 1. The Hall–Kier alpha value is -2.35. The Morgan fingerprint density at radius 2 is 2.00 bits per heavy atom. The van der Waals surface area contributed by atoms with Gasteiger partial charge >= 0.3 is 0 Å². The molecule has 168 valence electrons. The molecule has 1 saturated heterocycles. The number of piperazine rings is 1. The van der Waals surface area contributed by atoms with Crippen LogP contribution in [-0.4, -0.2) is 52.3 Å². The summed E-state index contributed by atoms with van der Waals surface area (Å²) in [5.41, 5.74) is 3.18. The molecule has 1 atom stereocenters. The Morgan fingerprint density at radius 3 is 2.71 bits per heavy atom. The lowest BCUT2D eigenvalue weighted by atomic mass is 10.0. The lowest BCUT2D eigenvalue weighted by Gasteiger charge is -2.37. The Kier molecular flexibility index (Phi) is 8.28. The normalized spacial score (nSPS) is 16.0. The number of carbonyl (C=O) groups excluding carboxylic acids is 1. The number of nitrogens with zero attached hydrogens (tertiary/aromatic N) is 4. The fourth-order valence-electron chi connectivity index (χ4n) is 3.98. The van der Waals surface area contributed by atoms with Gasteiger partial charge in [0.1, 0.15) is 5.75 Å². The highest BCUT2D eigenvalue weighted by atomic mass is 35.5. The van der Waals surface area contributed by atoms with Crippen molar-refractivity contribution in [2.24, 2.45) is 0 Å². The highest BCUT2D eigenvalue weighted by Crippen LogP contribution is 2.32. The molecule has 9 heteroatoms. The predicted octanol–water partition coefficient (Wildman–Crippen LogP) is 3.96. The van der Waals surface area contributed by atoms with E-state index in [-0.39, 0.29) is 42.8 Å². The minimum absolute atomic E-state index is 0. The summed E-state index contributed by atoms with van der Waals surface area (Å²) >= 11 is 0. The van der Waals surface area contributed by atoms with Crippen molar-refractivity contribution >= 4 is 41.8 Å². The maximum Gasteiger partial charge on any atom is 0.256 e. The number of halogens is 2. The van der Waals surface area contributed by atoms with Crippen LogP contribution in [0.25, 0.3) is 11.0 Å². The second-order valence-corrected chi connectivity index (χ2v) is 7.68. The van der Waals surface area contributed by atoms with Crippen LogP contribution < -0.4 is 10.1 Å². The van der Waals surface area contributed by atoms with Crippen molar-refractivity contribution in [3.8, 4) is 5.75 Å². The number of amides is 1. The van der Waals surface area contributed by atoms with Gasteiger partial charge in [0.2, 0.25) is 0 Å². The molecule has 1 fully saturated rings. The second-order valence-electron chi connectivity index (χ2n) is 7.68. The van der Waals surface area contributed by atoms with E-state index < -0.39 is 0 Å². The first-order valence-corrected chi connectivity index (χ1v) is 10.0. The molecule has 3 heterocycles. The number of hydrogen-bond acceptors (Lipinski definition) is 5. The third-order valence-electron chi connectivity index (χ3n) is 5.48. The van der Waals surface area contributed by atoms with Crippen molar-refractivity contribution in [1.29, 1.82) is 0 Å². The maximum atomic E-state index is 13.6. The molecule has 1 N–H and O–H groups in total. The summed E-state index contributed by atoms with van der Waals surface area (Å²) in [6.45, 7) is 8.11. The number of carbonyl (C=O) groups is 1. The van der Waals surface area contributed by atoms with Gasteiger partial charge in [-0.2, -0.15) is 5.10 Å². The van der Waals surface area contributed by atoms with E-state index in [9.17, 15) is 4.79 Å². The summed E-state index contributed by atoms with van der Waals surface area (Å²) in [4.78, 5) is 20.2. The molecule has 7 nitrogen and oxygen atoms in total. The van der Waals surface area contributed by atoms with Gasteiger partial charge in [0.05, 0.1) is 30.6 Å². The lowest BCUT2D eigenvalue weighted by molar-refractivity contribution is 0.0630. The topological polar surface area (TPSA) is 72.3 Å². The number of hydrogen-bond donors (Lipinski definition) is 1. The van der Waals surface area contributed by atoms with Gasteiger partial charge < -0.3 is 15.0 Å². The van der Waals surface area contributed by atoms with Gasteiger partial charge in [-0.25, -0.2) is 9.67 Å². The Balaban J connectivity index is 0.00000171. The highest BCUT2D eigenvalue weighted by molar-refractivity contribution is 5.98. The number of para-hydroxylation sites is 1. The van der Waals surface area contributed by atoms with E-state index in [4.69, 9.17) is 9.72 Å². The zero-order chi connectivity index (χ0) is 20.5. The van der Waals surface area contributed by atoms with Crippen molar-refractivity contribution in [3.63, 3.8) is 0 Å². The SMILES string of the molecule is COc1ccccc1C1CNCCN1C(=O)c1cc2cnn(C(C)C)c2nc1C.Cl.Cl. The summed E-state index contributed by atoms with van der Waals surface area (Å²) in [5.74, 6) is 0.786. The molecule has 2 aromatic heterocycles. The molecule has 1 aliphatic heterocycles. The second kappa shape index (κ2) is 10.3. The van der Waals surface area contributed by atoms with Gasteiger partial charge in [-0.1, -0.05) is 18.2 Å². The molecule has 3 aromatic rings. The first kappa shape index (κ1) is 24.9. The van der Waals surface area contributed by atoms with Crippen LogP contribution in [0.3, 0.4) is 0 Å². The Bertz CT molecular complexity index is 1050. The number of aromatic nitrogens is 3. The summed E-state index contributed by atoms with van der Waals surface area (Å²) in [5, 5.41) is 8.73. The number of ether oxygens (including phenoxy) is 1. The van der Waals surface area contributed by atoms with E-state index in [2.05, 4.69) is 24.3 Å². The average Bonchev–Trinajstić information content (AvgIpc) is 3.15. The van der Waals surface area contributed by atoms with Crippen LogP contribution >= 0.6 is 24.8 Å². The van der Waals surface area contributed by atoms with E-state index in [0.29, 0.717) is 18.7 Å². The van der Waals surface area contributed by atoms with Crippen LogP contribution in [0.4, 0.5) is 0 Å². The molecule has 0 bridgehead atoms. The van der Waals surface area contributed by atoms with Crippen molar-refractivity contribution in [3.05, 3.63) is 53.3 Å². The number of methoxy groups -OCH3 is 1. The summed E-state index contributed by atoms with van der Waals surface area (Å²) in [7, 11) is 1.66. The van der Waals surface area contributed by atoms with Crippen LogP contribution in [0.15, 0.2) is 36.5 Å². The first-order valence-electron chi connectivity index (χ1n) is 10.0. The smallest absolute Gasteiger partial charge is 0.256 e. The minimum atomic E-state index is -0.0964. The van der Waals surface area contributed by atoms with Crippen molar-refractivity contribution in [2.45, 2.75) is 32.9 Å². The van der Waals surface area contributed by atoms with Crippen LogP contribution in [0.2, 0.25) is 0 Å². The molecule has 1 aliphatic rings. The first-order chi connectivity index (χ1) is 14.0. The van der Waals surface area contributed by atoms with E-state index in [1.807, 2.05) is 46.8 Å². The fourth-order valence-corrected chi connectivity index (χ4v) is 3.98. The third kappa shape index (κ3) is 4.63. The summed E-state index contributed by atoms with van der Waals surface area (Å²) < 4.78 is 7.44. The average molecular weight is 466 g/mol.